The number of para-hydroxylation sites is 1. The maximum Gasteiger partial charge on any atom is 0.159 e. The Bertz CT molecular complexity index is 570. The summed E-state index contributed by atoms with van der Waals surface area (Å²) >= 11 is 1.50. The van der Waals surface area contributed by atoms with E-state index in [1.807, 2.05) is 61.5 Å². The van der Waals surface area contributed by atoms with Crippen LogP contribution in [0.2, 0.25) is 0 Å². The molecule has 104 valence electrons. The normalized spacial score (nSPS) is 11.3. The van der Waals surface area contributed by atoms with Gasteiger partial charge in [-0.2, -0.15) is 0 Å². The Balaban J connectivity index is 1.76. The molecule has 0 amide bonds. The van der Waals surface area contributed by atoms with Crippen LogP contribution >= 0.6 is 11.8 Å². The summed E-state index contributed by atoms with van der Waals surface area (Å²) in [5, 5.41) is 0.562. The Morgan fingerprint density at radius 1 is 1.15 bits per heavy atom. The number of amidine groups is 1. The van der Waals surface area contributed by atoms with Gasteiger partial charge in [0.15, 0.2) is 5.17 Å². The number of nitrogens with two attached hydrogens (primary N) is 1. The quantitative estimate of drug-likeness (QED) is 0.517. The second-order valence-corrected chi connectivity index (χ2v) is 5.41. The van der Waals surface area contributed by atoms with Gasteiger partial charge < -0.3 is 10.5 Å². The molecule has 0 bridgehead atoms. The van der Waals surface area contributed by atoms with Crippen LogP contribution in [0.5, 0.6) is 5.75 Å². The topological polar surface area (TPSA) is 47.6 Å². The first-order valence-corrected chi connectivity index (χ1v) is 7.44. The Kier molecular flexibility index (Phi) is 5.50. The van der Waals surface area contributed by atoms with Crippen LogP contribution in [0.4, 0.5) is 5.69 Å². The molecule has 0 heterocycles. The predicted molar refractivity (Wildman–Crippen MR) is 86.9 cm³/mol. The van der Waals surface area contributed by atoms with E-state index in [2.05, 4.69) is 4.99 Å². The summed E-state index contributed by atoms with van der Waals surface area (Å²) in [5.41, 5.74) is 7.96. The highest BCUT2D eigenvalue weighted by Crippen LogP contribution is 2.15. The summed E-state index contributed by atoms with van der Waals surface area (Å²) in [5.74, 6) is 1.65. The Morgan fingerprint density at radius 2 is 1.95 bits per heavy atom. The van der Waals surface area contributed by atoms with E-state index >= 15 is 0 Å². The van der Waals surface area contributed by atoms with Gasteiger partial charge in [-0.05, 0) is 36.8 Å². The molecule has 0 aliphatic rings. The minimum Gasteiger partial charge on any atom is -0.493 e. The summed E-state index contributed by atoms with van der Waals surface area (Å²) in [7, 11) is 0. The molecule has 0 atom stereocenters. The average molecular weight is 286 g/mol. The van der Waals surface area contributed by atoms with Crippen LogP contribution in [0.25, 0.3) is 0 Å². The lowest BCUT2D eigenvalue weighted by Gasteiger charge is -2.05. The van der Waals surface area contributed by atoms with Gasteiger partial charge in [0.2, 0.25) is 0 Å². The van der Waals surface area contributed by atoms with Crippen LogP contribution in [-0.2, 0) is 0 Å². The number of thioether (sulfide) groups is 1. The molecule has 0 aliphatic heterocycles. The zero-order valence-corrected chi connectivity index (χ0v) is 12.3. The molecular formula is C16H18N2OS. The highest BCUT2D eigenvalue weighted by atomic mass is 32.2. The van der Waals surface area contributed by atoms with Crippen molar-refractivity contribution in [3.8, 4) is 5.75 Å². The van der Waals surface area contributed by atoms with Crippen molar-refractivity contribution in [2.45, 2.75) is 6.92 Å². The van der Waals surface area contributed by atoms with E-state index in [0.717, 1.165) is 17.2 Å². The molecule has 2 aromatic rings. The van der Waals surface area contributed by atoms with Gasteiger partial charge in [0.05, 0.1) is 12.3 Å². The van der Waals surface area contributed by atoms with Crippen LogP contribution in [0.3, 0.4) is 0 Å². The molecule has 4 heteroatoms. The monoisotopic (exact) mass is 286 g/mol. The zero-order chi connectivity index (χ0) is 14.2. The van der Waals surface area contributed by atoms with Crippen molar-refractivity contribution in [2.75, 3.05) is 12.4 Å². The Morgan fingerprint density at radius 3 is 2.70 bits per heavy atom. The first kappa shape index (κ1) is 14.5. The lowest BCUT2D eigenvalue weighted by Crippen LogP contribution is -2.10. The minimum atomic E-state index is 0.562. The van der Waals surface area contributed by atoms with Crippen LogP contribution in [0, 0.1) is 6.92 Å². The van der Waals surface area contributed by atoms with Gasteiger partial charge in [-0.25, -0.2) is 4.99 Å². The fraction of sp³-hybridized carbons (Fsp3) is 0.188. The lowest BCUT2D eigenvalue weighted by molar-refractivity contribution is 0.344. The number of hydrogen-bond donors (Lipinski definition) is 1. The van der Waals surface area contributed by atoms with Crippen molar-refractivity contribution in [1.82, 2.24) is 0 Å². The van der Waals surface area contributed by atoms with E-state index < -0.39 is 0 Å². The van der Waals surface area contributed by atoms with Gasteiger partial charge in [0, 0.05) is 5.75 Å². The fourth-order valence-corrected chi connectivity index (χ4v) is 2.23. The van der Waals surface area contributed by atoms with Crippen molar-refractivity contribution in [3.05, 3.63) is 60.2 Å². The summed E-state index contributed by atoms with van der Waals surface area (Å²) in [6, 6.07) is 17.7. The number of benzene rings is 2. The van der Waals surface area contributed by atoms with Gasteiger partial charge in [0.1, 0.15) is 5.75 Å². The van der Waals surface area contributed by atoms with Crippen molar-refractivity contribution in [3.63, 3.8) is 0 Å². The molecular weight excluding hydrogens is 268 g/mol. The number of rotatable bonds is 5. The Labute approximate surface area is 123 Å². The van der Waals surface area contributed by atoms with Crippen molar-refractivity contribution in [1.29, 1.82) is 0 Å². The molecule has 2 aromatic carbocycles. The van der Waals surface area contributed by atoms with Gasteiger partial charge in [-0.15, -0.1) is 0 Å². The van der Waals surface area contributed by atoms with Crippen LogP contribution in [0.1, 0.15) is 5.56 Å². The molecule has 20 heavy (non-hydrogen) atoms. The standard InChI is InChI=1S/C16H18N2OS/c1-13-6-5-7-14(12-13)18-16(17)20-11-10-19-15-8-3-2-4-9-15/h2-9,12H,10-11H2,1H3,(H2,17,18). The molecule has 2 rings (SSSR count). The zero-order valence-electron chi connectivity index (χ0n) is 11.5. The summed E-state index contributed by atoms with van der Waals surface area (Å²) < 4.78 is 5.59. The van der Waals surface area contributed by atoms with E-state index in [4.69, 9.17) is 10.5 Å². The third-order valence-electron chi connectivity index (χ3n) is 2.59. The maximum absolute atomic E-state index is 5.89. The molecule has 0 saturated carbocycles. The molecule has 0 radical (unpaired) electrons. The number of ether oxygens (including phenoxy) is 1. The fourth-order valence-electron chi connectivity index (χ4n) is 1.68. The molecule has 2 N–H and O–H groups in total. The van der Waals surface area contributed by atoms with Crippen LogP contribution in [0.15, 0.2) is 59.6 Å². The number of nitrogens with zero attached hydrogens (tertiary/aromatic N) is 1. The molecule has 0 spiro atoms. The first-order chi connectivity index (χ1) is 9.74. The predicted octanol–water partition coefficient (Wildman–Crippen LogP) is 3.75. The number of hydrogen-bond acceptors (Lipinski definition) is 3. The highest BCUT2D eigenvalue weighted by molar-refractivity contribution is 8.13. The summed E-state index contributed by atoms with van der Waals surface area (Å²) in [6.07, 6.45) is 0. The third-order valence-corrected chi connectivity index (χ3v) is 3.34. The van der Waals surface area contributed by atoms with E-state index in [0.29, 0.717) is 11.8 Å². The SMILES string of the molecule is Cc1cccc(N=C(N)SCCOc2ccccc2)c1. The first-order valence-electron chi connectivity index (χ1n) is 6.45. The van der Waals surface area contributed by atoms with Gasteiger partial charge in [0.25, 0.3) is 0 Å². The van der Waals surface area contributed by atoms with Gasteiger partial charge in [-0.1, -0.05) is 42.1 Å². The second kappa shape index (κ2) is 7.60. The van der Waals surface area contributed by atoms with Crippen LogP contribution in [-0.4, -0.2) is 17.5 Å². The second-order valence-electron chi connectivity index (χ2n) is 4.30. The van der Waals surface area contributed by atoms with Crippen molar-refractivity contribution < 1.29 is 4.74 Å². The third kappa shape index (κ3) is 4.97. The largest absolute Gasteiger partial charge is 0.493 e. The Hall–Kier alpha value is -1.94. The van der Waals surface area contributed by atoms with E-state index in [9.17, 15) is 0 Å². The van der Waals surface area contributed by atoms with E-state index in [1.54, 1.807) is 0 Å². The van der Waals surface area contributed by atoms with E-state index in [1.165, 1.54) is 17.3 Å². The molecule has 0 aromatic heterocycles. The van der Waals surface area contributed by atoms with Crippen LogP contribution < -0.4 is 10.5 Å². The van der Waals surface area contributed by atoms with Gasteiger partial charge in [-0.3, -0.25) is 0 Å². The maximum atomic E-state index is 5.89. The molecule has 0 saturated heterocycles. The molecule has 0 fully saturated rings. The smallest absolute Gasteiger partial charge is 0.159 e. The minimum absolute atomic E-state index is 0.562. The van der Waals surface area contributed by atoms with Crippen molar-refractivity contribution in [2.24, 2.45) is 10.7 Å². The van der Waals surface area contributed by atoms with E-state index in [-0.39, 0.29) is 0 Å². The molecule has 3 nitrogen and oxygen atoms in total. The van der Waals surface area contributed by atoms with Gasteiger partial charge >= 0.3 is 0 Å². The molecule has 0 unspecified atom stereocenters. The molecule has 0 aliphatic carbocycles. The number of aliphatic imine (C=N–C) groups is 1. The average Bonchev–Trinajstić information content (AvgIpc) is 2.45. The van der Waals surface area contributed by atoms with Crippen molar-refractivity contribution >= 4 is 22.6 Å². The number of aryl methyl sites for hydroxylation is 1. The highest BCUT2D eigenvalue weighted by Gasteiger charge is 1.97. The summed E-state index contributed by atoms with van der Waals surface area (Å²) in [6.45, 7) is 2.65. The lowest BCUT2D eigenvalue weighted by atomic mass is 10.2. The summed E-state index contributed by atoms with van der Waals surface area (Å²) in [4.78, 5) is 4.37.